The fraction of sp³-hybridized carbons (Fsp3) is 0. The summed E-state index contributed by atoms with van der Waals surface area (Å²) in [6, 6.07) is 61.0. The Morgan fingerprint density at radius 3 is 1.79 bits per heavy atom. The molecule has 0 amide bonds. The summed E-state index contributed by atoms with van der Waals surface area (Å²) in [6.45, 7) is 0. The highest BCUT2D eigenvalue weighted by Crippen LogP contribution is 2.45. The molecule has 266 valence electrons. The predicted molar refractivity (Wildman–Crippen MR) is 234 cm³/mol. The predicted octanol–water partition coefficient (Wildman–Crippen LogP) is 14.4. The molecule has 12 rings (SSSR count). The van der Waals surface area contributed by atoms with Crippen LogP contribution in [0.25, 0.3) is 120 Å². The van der Waals surface area contributed by atoms with Gasteiger partial charge in [-0.2, -0.15) is 0 Å². The summed E-state index contributed by atoms with van der Waals surface area (Å²) < 4.78 is 15.2. The van der Waals surface area contributed by atoms with Crippen molar-refractivity contribution in [1.29, 1.82) is 0 Å². The molecule has 0 atom stereocenters. The van der Waals surface area contributed by atoms with E-state index in [9.17, 15) is 0 Å². The van der Waals surface area contributed by atoms with Crippen LogP contribution >= 0.6 is 11.3 Å². The molecule has 0 bridgehead atoms. The first-order valence-electron chi connectivity index (χ1n) is 18.9. The quantitative estimate of drug-likeness (QED) is 0.175. The van der Waals surface area contributed by atoms with Crippen LogP contribution < -0.4 is 0 Å². The highest BCUT2D eigenvalue weighted by atomic mass is 32.1. The van der Waals surface area contributed by atoms with Gasteiger partial charge in [-0.25, -0.2) is 15.0 Å². The van der Waals surface area contributed by atoms with E-state index >= 15 is 0 Å². The molecule has 0 fully saturated rings. The SMILES string of the molecule is c1ccc(-c2cc(-c3ccc4c(c3)sc3c(-c5nc(-c6ccccc6)nc(-c6cccc7c6oc6ccccc67)n5)cccc34)c3c(c2)oc2ccccc23)cc1. The summed E-state index contributed by atoms with van der Waals surface area (Å²) in [5.74, 6) is 1.80. The molecule has 0 saturated heterocycles. The van der Waals surface area contributed by atoms with Crippen LogP contribution in [0.4, 0.5) is 0 Å². The van der Waals surface area contributed by atoms with Crippen LogP contribution in [0.3, 0.4) is 0 Å². The fourth-order valence-corrected chi connectivity index (χ4v) is 9.53. The molecule has 0 N–H and O–H groups in total. The molecule has 0 spiro atoms. The van der Waals surface area contributed by atoms with Crippen molar-refractivity contribution in [2.75, 3.05) is 0 Å². The van der Waals surface area contributed by atoms with Gasteiger partial charge < -0.3 is 8.83 Å². The maximum absolute atomic E-state index is 6.48. The van der Waals surface area contributed by atoms with E-state index in [0.29, 0.717) is 17.5 Å². The van der Waals surface area contributed by atoms with E-state index in [1.807, 2.05) is 72.8 Å². The van der Waals surface area contributed by atoms with E-state index < -0.39 is 0 Å². The maximum atomic E-state index is 6.48. The van der Waals surface area contributed by atoms with Crippen LogP contribution in [0, 0.1) is 0 Å². The van der Waals surface area contributed by atoms with Crippen molar-refractivity contribution in [3.63, 3.8) is 0 Å². The van der Waals surface area contributed by atoms with Gasteiger partial charge in [-0.15, -0.1) is 11.3 Å². The van der Waals surface area contributed by atoms with Gasteiger partial charge in [-0.1, -0.05) is 133 Å². The maximum Gasteiger partial charge on any atom is 0.167 e. The minimum atomic E-state index is 0.568. The number of rotatable bonds is 5. The third-order valence-corrected chi connectivity index (χ3v) is 12.2. The first kappa shape index (κ1) is 31.9. The zero-order valence-electron chi connectivity index (χ0n) is 30.3. The van der Waals surface area contributed by atoms with Crippen LogP contribution in [-0.2, 0) is 0 Å². The van der Waals surface area contributed by atoms with Crippen molar-refractivity contribution in [2.24, 2.45) is 0 Å². The number of fused-ring (bicyclic) bond motifs is 9. The highest BCUT2D eigenvalue weighted by molar-refractivity contribution is 7.26. The lowest BCUT2D eigenvalue weighted by molar-refractivity contribution is 0.669. The van der Waals surface area contributed by atoms with Crippen LogP contribution in [-0.4, -0.2) is 15.0 Å². The average Bonchev–Trinajstić information content (AvgIpc) is 3.97. The van der Waals surface area contributed by atoms with Crippen molar-refractivity contribution >= 4 is 75.4 Å². The van der Waals surface area contributed by atoms with Gasteiger partial charge in [0.05, 0.1) is 5.56 Å². The van der Waals surface area contributed by atoms with E-state index in [4.69, 9.17) is 23.8 Å². The van der Waals surface area contributed by atoms with Crippen molar-refractivity contribution in [3.05, 3.63) is 176 Å². The number of benzene rings is 8. The molecular formula is C51H29N3O2S. The topological polar surface area (TPSA) is 65.0 Å². The second-order valence-electron chi connectivity index (χ2n) is 14.3. The van der Waals surface area contributed by atoms with Gasteiger partial charge in [0, 0.05) is 52.8 Å². The Hall–Kier alpha value is -7.41. The summed E-state index contributed by atoms with van der Waals surface area (Å²) in [5.41, 5.74) is 10.6. The standard InChI is InChI=1S/C51H29N3O2S/c1-3-13-30(14-4-1)33-27-41(46-38-18-8-10-24-43(38)55-44(46)28-33)32-25-26-35-37-20-12-22-40(48(37)57-45(35)29-32)51-53-49(31-15-5-2-6-16-31)52-50(54-51)39-21-11-19-36-34-17-7-9-23-42(34)56-47(36)39/h1-29H. The molecule has 0 unspecified atom stereocenters. The molecule has 0 aliphatic rings. The summed E-state index contributed by atoms with van der Waals surface area (Å²) >= 11 is 1.77. The molecule has 12 aromatic rings. The Balaban J connectivity index is 1.06. The number of nitrogens with zero attached hydrogens (tertiary/aromatic N) is 3. The van der Waals surface area contributed by atoms with Crippen LogP contribution in [0.15, 0.2) is 185 Å². The number of para-hydroxylation sites is 3. The average molecular weight is 748 g/mol. The number of hydrogen-bond acceptors (Lipinski definition) is 6. The van der Waals surface area contributed by atoms with E-state index in [1.165, 1.54) is 15.5 Å². The van der Waals surface area contributed by atoms with Gasteiger partial charge in [-0.3, -0.25) is 0 Å². The van der Waals surface area contributed by atoms with E-state index in [2.05, 4.69) is 103 Å². The monoisotopic (exact) mass is 747 g/mol. The Morgan fingerprint density at radius 1 is 0.351 bits per heavy atom. The number of thiophene rings is 1. The zero-order valence-corrected chi connectivity index (χ0v) is 31.1. The van der Waals surface area contributed by atoms with Crippen LogP contribution in [0.1, 0.15) is 0 Å². The zero-order chi connectivity index (χ0) is 37.5. The van der Waals surface area contributed by atoms with E-state index in [0.717, 1.165) is 87.5 Å². The fourth-order valence-electron chi connectivity index (χ4n) is 8.28. The molecule has 0 aliphatic heterocycles. The van der Waals surface area contributed by atoms with Crippen molar-refractivity contribution in [3.8, 4) is 56.4 Å². The molecule has 4 heterocycles. The van der Waals surface area contributed by atoms with Gasteiger partial charge in [0.25, 0.3) is 0 Å². The van der Waals surface area contributed by atoms with Gasteiger partial charge in [0.2, 0.25) is 0 Å². The lowest BCUT2D eigenvalue weighted by Gasteiger charge is -2.09. The van der Waals surface area contributed by atoms with Crippen molar-refractivity contribution < 1.29 is 8.83 Å². The lowest BCUT2D eigenvalue weighted by Crippen LogP contribution is -2.00. The molecule has 5 nitrogen and oxygen atoms in total. The summed E-state index contributed by atoms with van der Waals surface area (Å²) in [6.07, 6.45) is 0. The smallest absolute Gasteiger partial charge is 0.167 e. The molecule has 57 heavy (non-hydrogen) atoms. The second-order valence-corrected chi connectivity index (χ2v) is 15.4. The molecule has 4 aromatic heterocycles. The Labute approximate surface area is 330 Å². The second kappa shape index (κ2) is 12.6. The molecule has 6 heteroatoms. The summed E-state index contributed by atoms with van der Waals surface area (Å²) in [5, 5.41) is 6.69. The van der Waals surface area contributed by atoms with Gasteiger partial charge in [0.15, 0.2) is 17.5 Å². The molecular weight excluding hydrogens is 719 g/mol. The Morgan fingerprint density at radius 2 is 0.982 bits per heavy atom. The molecule has 8 aromatic carbocycles. The minimum Gasteiger partial charge on any atom is -0.456 e. The van der Waals surface area contributed by atoms with E-state index in [-0.39, 0.29) is 0 Å². The first-order chi connectivity index (χ1) is 28.2. The van der Waals surface area contributed by atoms with E-state index in [1.54, 1.807) is 11.3 Å². The Bertz CT molecular complexity index is 3530. The molecule has 0 saturated carbocycles. The molecule has 0 radical (unpaired) electrons. The van der Waals surface area contributed by atoms with Crippen LogP contribution in [0.5, 0.6) is 0 Å². The van der Waals surface area contributed by atoms with Gasteiger partial charge in [0.1, 0.15) is 22.3 Å². The normalized spacial score (nSPS) is 11.9. The number of hydrogen-bond donors (Lipinski definition) is 0. The largest absolute Gasteiger partial charge is 0.456 e. The first-order valence-corrected chi connectivity index (χ1v) is 19.7. The van der Waals surface area contributed by atoms with Crippen molar-refractivity contribution in [1.82, 2.24) is 15.0 Å². The summed E-state index contributed by atoms with van der Waals surface area (Å²) in [4.78, 5) is 15.4. The number of aromatic nitrogens is 3. The highest BCUT2D eigenvalue weighted by Gasteiger charge is 2.21. The minimum absolute atomic E-state index is 0.568. The Kier molecular flexibility index (Phi) is 7.03. The summed E-state index contributed by atoms with van der Waals surface area (Å²) in [7, 11) is 0. The van der Waals surface area contributed by atoms with Gasteiger partial charge >= 0.3 is 0 Å². The lowest BCUT2D eigenvalue weighted by atomic mass is 9.94. The third kappa shape index (κ3) is 5.12. The molecule has 0 aliphatic carbocycles. The van der Waals surface area contributed by atoms with Gasteiger partial charge in [-0.05, 0) is 64.7 Å². The number of furan rings is 2. The van der Waals surface area contributed by atoms with Crippen molar-refractivity contribution in [2.45, 2.75) is 0 Å². The van der Waals surface area contributed by atoms with Crippen LogP contribution in [0.2, 0.25) is 0 Å². The third-order valence-electron chi connectivity index (χ3n) is 10.9.